The summed E-state index contributed by atoms with van der Waals surface area (Å²) in [5.41, 5.74) is 5.19. The van der Waals surface area contributed by atoms with Gasteiger partial charge in [0, 0.05) is 0 Å². The Labute approximate surface area is 213 Å². The molecule has 3 aromatic carbocycles. The number of aryl methyl sites for hydroxylation is 1. The van der Waals surface area contributed by atoms with E-state index in [1.807, 2.05) is 37.3 Å². The molecule has 2 N–H and O–H groups in total. The van der Waals surface area contributed by atoms with E-state index in [9.17, 15) is 14.7 Å². The smallest absolute Gasteiger partial charge is 0.266 e. The molecule has 178 valence electrons. The summed E-state index contributed by atoms with van der Waals surface area (Å²) in [5, 5.41) is 14.8. The largest absolute Gasteiger partial charge is 0.503 e. The minimum atomic E-state index is -0.367. The van der Waals surface area contributed by atoms with Crippen LogP contribution < -0.4 is 15.7 Å². The second kappa shape index (κ2) is 10.7. The van der Waals surface area contributed by atoms with Crippen LogP contribution in [0.5, 0.6) is 11.5 Å². The molecule has 1 heterocycles. The summed E-state index contributed by atoms with van der Waals surface area (Å²) in [5.74, 6) is -0.114. The van der Waals surface area contributed by atoms with Crippen molar-refractivity contribution in [3.8, 4) is 17.2 Å². The molecule has 1 aromatic heterocycles. The van der Waals surface area contributed by atoms with Crippen LogP contribution in [0.15, 0.2) is 80.2 Å². The molecular formula is C25H21BrN4O4S. The number of carbonyl (C=O) groups excluding carboxylic acids is 1. The quantitative estimate of drug-likeness (QED) is 0.152. The maximum atomic E-state index is 13.3. The molecule has 0 saturated heterocycles. The molecule has 0 aliphatic heterocycles. The van der Waals surface area contributed by atoms with E-state index >= 15 is 0 Å². The highest BCUT2D eigenvalue weighted by Crippen LogP contribution is 2.34. The Bertz CT molecular complexity index is 1490. The molecule has 0 aliphatic rings. The van der Waals surface area contributed by atoms with Gasteiger partial charge in [0.2, 0.25) is 0 Å². The van der Waals surface area contributed by atoms with E-state index in [2.05, 4.69) is 31.4 Å². The van der Waals surface area contributed by atoms with Crippen molar-refractivity contribution in [1.82, 2.24) is 15.0 Å². The molecule has 0 atom stereocenters. The number of hydrazone groups is 1. The number of nitrogens with zero attached hydrogens (tertiary/aromatic N) is 3. The van der Waals surface area contributed by atoms with Crippen LogP contribution in [0.1, 0.15) is 11.1 Å². The summed E-state index contributed by atoms with van der Waals surface area (Å²) in [4.78, 5) is 30.4. The van der Waals surface area contributed by atoms with Gasteiger partial charge >= 0.3 is 0 Å². The van der Waals surface area contributed by atoms with Crippen LogP contribution in [0.3, 0.4) is 0 Å². The van der Waals surface area contributed by atoms with Gasteiger partial charge in [-0.1, -0.05) is 41.6 Å². The van der Waals surface area contributed by atoms with Crippen LogP contribution in [-0.2, 0) is 4.79 Å². The SMILES string of the molecule is COc1cc(/C=N/NC(=O)CSc2nc3ccccc3c(=O)n2-c2ccc(C)cc2)cc(Br)c1O. The number of phenolic OH excluding ortho intramolecular Hbond substituents is 1. The number of amides is 1. The fraction of sp³-hybridized carbons (Fsp3) is 0.120. The van der Waals surface area contributed by atoms with Crippen molar-refractivity contribution in [2.24, 2.45) is 5.10 Å². The number of methoxy groups -OCH3 is 1. The van der Waals surface area contributed by atoms with Crippen LogP contribution in [0, 0.1) is 6.92 Å². The number of rotatable bonds is 7. The highest BCUT2D eigenvalue weighted by Gasteiger charge is 2.15. The highest BCUT2D eigenvalue weighted by molar-refractivity contribution is 9.10. The van der Waals surface area contributed by atoms with Gasteiger partial charge in [-0.2, -0.15) is 5.10 Å². The average molecular weight is 553 g/mol. The lowest BCUT2D eigenvalue weighted by atomic mass is 10.2. The third-order valence-corrected chi connectivity index (χ3v) is 6.59. The average Bonchev–Trinajstić information content (AvgIpc) is 2.85. The molecular weight excluding hydrogens is 532 g/mol. The lowest BCUT2D eigenvalue weighted by Gasteiger charge is -2.13. The van der Waals surface area contributed by atoms with Gasteiger partial charge in [0.25, 0.3) is 11.5 Å². The van der Waals surface area contributed by atoms with Gasteiger partial charge < -0.3 is 9.84 Å². The number of aromatic hydroxyl groups is 1. The molecule has 35 heavy (non-hydrogen) atoms. The molecule has 0 spiro atoms. The van der Waals surface area contributed by atoms with Crippen LogP contribution in [0.25, 0.3) is 16.6 Å². The molecule has 1 amide bonds. The molecule has 0 unspecified atom stereocenters. The molecule has 0 bridgehead atoms. The lowest BCUT2D eigenvalue weighted by Crippen LogP contribution is -2.24. The number of thioether (sulfide) groups is 1. The van der Waals surface area contributed by atoms with Gasteiger partial charge in [-0.3, -0.25) is 14.2 Å². The summed E-state index contributed by atoms with van der Waals surface area (Å²) >= 11 is 4.39. The van der Waals surface area contributed by atoms with Gasteiger partial charge in [-0.25, -0.2) is 10.4 Å². The van der Waals surface area contributed by atoms with Gasteiger partial charge in [0.05, 0.1) is 40.1 Å². The number of nitrogens with one attached hydrogen (secondary N) is 1. The summed E-state index contributed by atoms with van der Waals surface area (Å²) < 4.78 is 7.07. The topological polar surface area (TPSA) is 106 Å². The van der Waals surface area contributed by atoms with Crippen molar-refractivity contribution < 1.29 is 14.6 Å². The Kier molecular flexibility index (Phi) is 7.52. The van der Waals surface area contributed by atoms with E-state index in [4.69, 9.17) is 4.74 Å². The van der Waals surface area contributed by atoms with Crippen molar-refractivity contribution in [2.75, 3.05) is 12.9 Å². The Morgan fingerprint density at radius 2 is 1.97 bits per heavy atom. The number of aromatic nitrogens is 2. The zero-order valence-corrected chi connectivity index (χ0v) is 21.3. The number of carbonyl (C=O) groups is 1. The maximum absolute atomic E-state index is 13.3. The van der Waals surface area contributed by atoms with Crippen molar-refractivity contribution >= 4 is 50.7 Å². The number of phenols is 1. The second-order valence-corrected chi connectivity index (χ2v) is 9.32. The molecule has 4 rings (SSSR count). The zero-order valence-electron chi connectivity index (χ0n) is 18.9. The first-order valence-corrected chi connectivity index (χ1v) is 12.3. The summed E-state index contributed by atoms with van der Waals surface area (Å²) in [6, 6.07) is 17.9. The molecule has 0 aliphatic carbocycles. The third kappa shape index (κ3) is 5.55. The highest BCUT2D eigenvalue weighted by atomic mass is 79.9. The van der Waals surface area contributed by atoms with E-state index in [-0.39, 0.29) is 28.7 Å². The van der Waals surface area contributed by atoms with Gasteiger partial charge in [-0.15, -0.1) is 0 Å². The standard InChI is InChI=1S/C25H21BrN4O4S/c1-15-7-9-17(10-8-15)30-24(33)18-5-3-4-6-20(18)28-25(30)35-14-22(31)29-27-13-16-11-19(26)23(32)21(12-16)34-2/h3-13,32H,14H2,1-2H3,(H,29,31)/b27-13+. The molecule has 0 radical (unpaired) electrons. The monoisotopic (exact) mass is 552 g/mol. The maximum Gasteiger partial charge on any atom is 0.266 e. The minimum absolute atomic E-state index is 0.00340. The van der Waals surface area contributed by atoms with Gasteiger partial charge in [-0.05, 0) is 64.8 Å². The molecule has 0 saturated carbocycles. The van der Waals surface area contributed by atoms with E-state index < -0.39 is 0 Å². The Hall–Kier alpha value is -3.63. The van der Waals surface area contributed by atoms with Crippen LogP contribution in [0.4, 0.5) is 0 Å². The first-order chi connectivity index (χ1) is 16.9. The predicted molar refractivity (Wildman–Crippen MR) is 141 cm³/mol. The normalized spacial score (nSPS) is 11.2. The molecule has 4 aromatic rings. The van der Waals surface area contributed by atoms with Gasteiger partial charge in [0.1, 0.15) is 0 Å². The van der Waals surface area contributed by atoms with E-state index in [0.717, 1.165) is 17.3 Å². The third-order valence-electron chi connectivity index (χ3n) is 5.04. The van der Waals surface area contributed by atoms with Crippen LogP contribution in [-0.4, -0.2) is 39.6 Å². The number of hydrogen-bond acceptors (Lipinski definition) is 7. The number of para-hydroxylation sites is 1. The predicted octanol–water partition coefficient (Wildman–Crippen LogP) is 4.41. The number of fused-ring (bicyclic) bond motifs is 1. The molecule has 10 heteroatoms. The van der Waals surface area contributed by atoms with Crippen molar-refractivity contribution in [3.63, 3.8) is 0 Å². The minimum Gasteiger partial charge on any atom is -0.503 e. The Morgan fingerprint density at radius 3 is 2.71 bits per heavy atom. The number of halogens is 1. The Balaban J connectivity index is 1.54. The van der Waals surface area contributed by atoms with E-state index in [0.29, 0.717) is 31.8 Å². The van der Waals surface area contributed by atoms with Crippen molar-refractivity contribution in [3.05, 3.63) is 86.6 Å². The number of ether oxygens (including phenoxy) is 1. The van der Waals surface area contributed by atoms with E-state index in [1.54, 1.807) is 30.3 Å². The zero-order chi connectivity index (χ0) is 24.9. The second-order valence-electron chi connectivity index (χ2n) is 7.52. The fourth-order valence-corrected chi connectivity index (χ4v) is 4.56. The van der Waals surface area contributed by atoms with Gasteiger partial charge in [0.15, 0.2) is 16.7 Å². The van der Waals surface area contributed by atoms with Crippen molar-refractivity contribution in [2.45, 2.75) is 12.1 Å². The first-order valence-electron chi connectivity index (χ1n) is 10.5. The van der Waals surface area contributed by atoms with Crippen LogP contribution >= 0.6 is 27.7 Å². The summed E-state index contributed by atoms with van der Waals surface area (Å²) in [6.45, 7) is 1.97. The molecule has 8 nitrogen and oxygen atoms in total. The fourth-order valence-electron chi connectivity index (χ4n) is 3.30. The van der Waals surface area contributed by atoms with Crippen LogP contribution in [0.2, 0.25) is 0 Å². The van der Waals surface area contributed by atoms with Crippen molar-refractivity contribution in [1.29, 1.82) is 0 Å². The first kappa shape index (κ1) is 24.5. The van der Waals surface area contributed by atoms with E-state index in [1.165, 1.54) is 17.9 Å². The summed E-state index contributed by atoms with van der Waals surface area (Å²) in [7, 11) is 1.44. The number of benzene rings is 3. The molecule has 0 fully saturated rings. The Morgan fingerprint density at radius 1 is 1.23 bits per heavy atom. The lowest BCUT2D eigenvalue weighted by molar-refractivity contribution is -0.118. The number of hydrogen-bond donors (Lipinski definition) is 2. The summed E-state index contributed by atoms with van der Waals surface area (Å²) in [6.07, 6.45) is 1.44.